The Bertz CT molecular complexity index is 1490. The minimum Gasteiger partial charge on any atom is -0.267 e. The molecule has 5 rings (SSSR count). The van der Waals surface area contributed by atoms with E-state index in [-0.39, 0.29) is 11.4 Å². The summed E-state index contributed by atoms with van der Waals surface area (Å²) in [5.74, 6) is 0. The van der Waals surface area contributed by atoms with Gasteiger partial charge in [-0.3, -0.25) is 4.68 Å². The molecule has 0 amide bonds. The van der Waals surface area contributed by atoms with E-state index in [1.807, 2.05) is 102 Å². The van der Waals surface area contributed by atoms with Gasteiger partial charge in [-0.25, -0.2) is 13.1 Å². The molecule has 6 heteroatoms. The van der Waals surface area contributed by atoms with E-state index >= 15 is 0 Å². The van der Waals surface area contributed by atoms with Gasteiger partial charge in [0.25, 0.3) is 0 Å². The highest BCUT2D eigenvalue weighted by molar-refractivity contribution is 7.89. The Morgan fingerprint density at radius 3 is 2.18 bits per heavy atom. The first-order valence-electron chi connectivity index (χ1n) is 10.7. The van der Waals surface area contributed by atoms with Crippen LogP contribution in [-0.4, -0.2) is 18.2 Å². The molecule has 1 heterocycles. The van der Waals surface area contributed by atoms with E-state index in [4.69, 9.17) is 5.10 Å². The third-order valence-electron chi connectivity index (χ3n) is 5.56. The number of sulfonamides is 1. The Morgan fingerprint density at radius 2 is 1.42 bits per heavy atom. The Labute approximate surface area is 193 Å². The monoisotopic (exact) mass is 453 g/mol. The second kappa shape index (κ2) is 9.02. The second-order valence-corrected chi connectivity index (χ2v) is 9.65. The van der Waals surface area contributed by atoms with Crippen LogP contribution in [0.15, 0.2) is 114 Å². The molecule has 0 unspecified atom stereocenters. The highest BCUT2D eigenvalue weighted by Gasteiger charge is 2.18. The zero-order valence-corrected chi connectivity index (χ0v) is 18.7. The predicted octanol–water partition coefficient (Wildman–Crippen LogP) is 5.23. The summed E-state index contributed by atoms with van der Waals surface area (Å²) in [5, 5.41) is 6.67. The van der Waals surface area contributed by atoms with Gasteiger partial charge in [0.1, 0.15) is 0 Å². The van der Waals surface area contributed by atoms with Crippen molar-refractivity contribution in [2.24, 2.45) is 0 Å². The maximum absolute atomic E-state index is 13.1. The smallest absolute Gasteiger partial charge is 0.240 e. The highest BCUT2D eigenvalue weighted by Crippen LogP contribution is 2.24. The summed E-state index contributed by atoms with van der Waals surface area (Å²) in [7, 11) is -3.69. The molecule has 0 aliphatic rings. The first-order chi connectivity index (χ1) is 16.1. The van der Waals surface area contributed by atoms with Gasteiger partial charge in [0.05, 0.1) is 17.1 Å². The third-order valence-corrected chi connectivity index (χ3v) is 6.95. The summed E-state index contributed by atoms with van der Waals surface area (Å²) in [4.78, 5) is 0.249. The van der Waals surface area contributed by atoms with E-state index in [0.717, 1.165) is 33.2 Å². The molecule has 0 bridgehead atoms. The van der Waals surface area contributed by atoms with Crippen LogP contribution in [0.3, 0.4) is 0 Å². The molecule has 0 atom stereocenters. The molecule has 5 nitrogen and oxygen atoms in total. The fourth-order valence-corrected chi connectivity index (χ4v) is 4.91. The van der Waals surface area contributed by atoms with Crippen molar-refractivity contribution in [1.29, 1.82) is 0 Å². The minimum absolute atomic E-state index is 0.147. The van der Waals surface area contributed by atoms with Crippen LogP contribution in [0, 0.1) is 0 Å². The van der Waals surface area contributed by atoms with Gasteiger partial charge < -0.3 is 0 Å². The molecular formula is C27H23N3O2S. The van der Waals surface area contributed by atoms with Crippen molar-refractivity contribution in [1.82, 2.24) is 14.5 Å². The van der Waals surface area contributed by atoms with Gasteiger partial charge in [0, 0.05) is 23.9 Å². The molecule has 1 aromatic heterocycles. The standard InChI is InChI=1S/C27H23N3O2S/c31-33(32,26-16-15-22-11-7-8-14-24(22)17-26)28-18-25-20-30(19-21-9-3-1-4-10-21)29-27(25)23-12-5-2-6-13-23/h1-17,20,28H,18-19H2. The number of fused-ring (bicyclic) bond motifs is 1. The molecule has 0 fully saturated rings. The van der Waals surface area contributed by atoms with Gasteiger partial charge in [-0.15, -0.1) is 0 Å². The topological polar surface area (TPSA) is 64.0 Å². The minimum atomic E-state index is -3.69. The van der Waals surface area contributed by atoms with Crippen molar-refractivity contribution in [3.63, 3.8) is 0 Å². The predicted molar refractivity (Wildman–Crippen MR) is 131 cm³/mol. The second-order valence-electron chi connectivity index (χ2n) is 7.89. The summed E-state index contributed by atoms with van der Waals surface area (Å²) in [6.45, 7) is 0.756. The number of aromatic nitrogens is 2. The van der Waals surface area contributed by atoms with Gasteiger partial charge >= 0.3 is 0 Å². The van der Waals surface area contributed by atoms with E-state index in [1.54, 1.807) is 12.1 Å². The number of rotatable bonds is 7. The van der Waals surface area contributed by atoms with Crippen LogP contribution in [0.4, 0.5) is 0 Å². The fourth-order valence-electron chi connectivity index (χ4n) is 3.87. The van der Waals surface area contributed by atoms with Crippen LogP contribution in [0.5, 0.6) is 0 Å². The first-order valence-corrected chi connectivity index (χ1v) is 12.2. The van der Waals surface area contributed by atoms with Gasteiger partial charge in [-0.05, 0) is 28.5 Å². The fraction of sp³-hybridized carbons (Fsp3) is 0.0741. The highest BCUT2D eigenvalue weighted by atomic mass is 32.2. The van der Waals surface area contributed by atoms with Crippen molar-refractivity contribution in [3.05, 3.63) is 120 Å². The van der Waals surface area contributed by atoms with Crippen molar-refractivity contribution < 1.29 is 8.42 Å². The number of hydrogen-bond donors (Lipinski definition) is 1. The summed E-state index contributed by atoms with van der Waals surface area (Å²) in [6, 6.07) is 32.8. The number of nitrogens with one attached hydrogen (secondary N) is 1. The molecule has 164 valence electrons. The maximum atomic E-state index is 13.1. The Balaban J connectivity index is 1.43. The molecule has 4 aromatic carbocycles. The summed E-state index contributed by atoms with van der Waals surface area (Å²) >= 11 is 0. The molecule has 5 aromatic rings. The van der Waals surface area contributed by atoms with Gasteiger partial charge in [0.15, 0.2) is 0 Å². The van der Waals surface area contributed by atoms with E-state index in [2.05, 4.69) is 4.72 Å². The van der Waals surface area contributed by atoms with E-state index < -0.39 is 10.0 Å². The summed E-state index contributed by atoms with van der Waals surface area (Å²) in [5.41, 5.74) is 3.67. The van der Waals surface area contributed by atoms with Crippen molar-refractivity contribution in [2.75, 3.05) is 0 Å². The average molecular weight is 454 g/mol. The molecule has 33 heavy (non-hydrogen) atoms. The Morgan fingerprint density at radius 1 is 0.758 bits per heavy atom. The van der Waals surface area contributed by atoms with E-state index in [9.17, 15) is 8.42 Å². The van der Waals surface area contributed by atoms with Crippen molar-refractivity contribution >= 4 is 20.8 Å². The third kappa shape index (κ3) is 4.72. The normalized spacial score (nSPS) is 11.6. The number of benzene rings is 4. The number of hydrogen-bond acceptors (Lipinski definition) is 3. The lowest BCUT2D eigenvalue weighted by Crippen LogP contribution is -2.23. The van der Waals surface area contributed by atoms with Crippen LogP contribution in [-0.2, 0) is 23.1 Å². The lowest BCUT2D eigenvalue weighted by Gasteiger charge is -2.08. The van der Waals surface area contributed by atoms with Crippen LogP contribution in [0.1, 0.15) is 11.1 Å². The summed E-state index contributed by atoms with van der Waals surface area (Å²) in [6.07, 6.45) is 1.91. The van der Waals surface area contributed by atoms with Gasteiger partial charge in [-0.2, -0.15) is 5.10 Å². The van der Waals surface area contributed by atoms with Crippen LogP contribution < -0.4 is 4.72 Å². The van der Waals surface area contributed by atoms with E-state index in [0.29, 0.717) is 6.54 Å². The largest absolute Gasteiger partial charge is 0.267 e. The molecule has 0 saturated carbocycles. The SMILES string of the molecule is O=S(=O)(NCc1cn(Cc2ccccc2)nc1-c1ccccc1)c1ccc2ccccc2c1. The molecular weight excluding hydrogens is 430 g/mol. The lowest BCUT2D eigenvalue weighted by molar-refractivity contribution is 0.581. The number of nitrogens with zero attached hydrogens (tertiary/aromatic N) is 2. The molecule has 0 aliphatic carbocycles. The van der Waals surface area contributed by atoms with Gasteiger partial charge in [0.2, 0.25) is 10.0 Å². The maximum Gasteiger partial charge on any atom is 0.240 e. The van der Waals surface area contributed by atoms with Crippen LogP contribution >= 0.6 is 0 Å². The Hall–Kier alpha value is -3.74. The molecule has 0 radical (unpaired) electrons. The van der Waals surface area contributed by atoms with Crippen LogP contribution in [0.2, 0.25) is 0 Å². The van der Waals surface area contributed by atoms with Crippen LogP contribution in [0.25, 0.3) is 22.0 Å². The van der Waals surface area contributed by atoms with Gasteiger partial charge in [-0.1, -0.05) is 91.0 Å². The molecule has 1 N–H and O–H groups in total. The zero-order chi connectivity index (χ0) is 22.7. The molecule has 0 saturated heterocycles. The molecule has 0 aliphatic heterocycles. The van der Waals surface area contributed by atoms with Crippen molar-refractivity contribution in [3.8, 4) is 11.3 Å². The average Bonchev–Trinajstić information content (AvgIpc) is 3.26. The molecule has 0 spiro atoms. The van der Waals surface area contributed by atoms with E-state index in [1.165, 1.54) is 0 Å². The first kappa shape index (κ1) is 21.1. The Kier molecular flexibility index (Phi) is 5.77. The lowest BCUT2D eigenvalue weighted by atomic mass is 10.1. The zero-order valence-electron chi connectivity index (χ0n) is 17.9. The summed E-state index contributed by atoms with van der Waals surface area (Å²) < 4.78 is 30.7. The quantitative estimate of drug-likeness (QED) is 0.367. The van der Waals surface area contributed by atoms with Crippen molar-refractivity contribution in [2.45, 2.75) is 18.0 Å².